The zero-order valence-electron chi connectivity index (χ0n) is 11.6. The number of hydrogen-bond acceptors (Lipinski definition) is 2. The molecule has 0 heterocycles. The maximum Gasteiger partial charge on any atom is 0.221 e. The van der Waals surface area contributed by atoms with Gasteiger partial charge in [-0.3, -0.25) is 4.79 Å². The van der Waals surface area contributed by atoms with E-state index in [9.17, 15) is 4.79 Å². The minimum absolute atomic E-state index is 0.0771. The molecule has 0 aliphatic carbocycles. The second-order valence-corrected chi connectivity index (χ2v) is 5.55. The van der Waals surface area contributed by atoms with Crippen LogP contribution in [0.2, 0.25) is 0 Å². The standard InChI is InChI=1S/C17H19NOS/c1-20-13-12-16(19)18-17(14-8-4-2-5-9-14)15-10-6-3-7-11-15/h2-11,17H,12-13H2,1H3,(H,18,19). The average Bonchev–Trinajstić information content (AvgIpc) is 2.52. The van der Waals surface area contributed by atoms with Gasteiger partial charge in [0.15, 0.2) is 0 Å². The summed E-state index contributed by atoms with van der Waals surface area (Å²) in [7, 11) is 0. The molecule has 2 rings (SSSR count). The molecule has 0 spiro atoms. The fourth-order valence-electron chi connectivity index (χ4n) is 2.08. The van der Waals surface area contributed by atoms with Crippen molar-refractivity contribution in [1.29, 1.82) is 0 Å². The number of nitrogens with one attached hydrogen (secondary N) is 1. The molecule has 20 heavy (non-hydrogen) atoms. The molecule has 0 saturated heterocycles. The Morgan fingerprint density at radius 2 is 1.50 bits per heavy atom. The van der Waals surface area contributed by atoms with Crippen molar-refractivity contribution < 1.29 is 4.79 Å². The third-order valence-electron chi connectivity index (χ3n) is 3.10. The van der Waals surface area contributed by atoms with Crippen LogP contribution in [0.4, 0.5) is 0 Å². The van der Waals surface area contributed by atoms with Crippen molar-refractivity contribution in [3.63, 3.8) is 0 Å². The van der Waals surface area contributed by atoms with E-state index in [0.29, 0.717) is 6.42 Å². The molecule has 0 radical (unpaired) electrons. The molecule has 0 bridgehead atoms. The molecule has 0 unspecified atom stereocenters. The lowest BCUT2D eigenvalue weighted by atomic mass is 9.98. The number of hydrogen-bond donors (Lipinski definition) is 1. The van der Waals surface area contributed by atoms with Gasteiger partial charge >= 0.3 is 0 Å². The molecule has 2 aromatic carbocycles. The molecule has 0 atom stereocenters. The average molecular weight is 285 g/mol. The first kappa shape index (κ1) is 14.7. The lowest BCUT2D eigenvalue weighted by molar-refractivity contribution is -0.121. The summed E-state index contributed by atoms with van der Waals surface area (Å²) in [6.45, 7) is 0. The van der Waals surface area contributed by atoms with Crippen LogP contribution in [0.15, 0.2) is 60.7 Å². The van der Waals surface area contributed by atoms with Gasteiger partial charge < -0.3 is 5.32 Å². The van der Waals surface area contributed by atoms with E-state index < -0.39 is 0 Å². The molecule has 0 saturated carbocycles. The first-order valence-corrected chi connectivity index (χ1v) is 8.09. The van der Waals surface area contributed by atoms with Gasteiger partial charge in [-0.05, 0) is 17.4 Å². The maximum absolute atomic E-state index is 12.0. The summed E-state index contributed by atoms with van der Waals surface area (Å²) in [4.78, 5) is 12.0. The highest BCUT2D eigenvalue weighted by Gasteiger charge is 2.15. The van der Waals surface area contributed by atoms with Crippen molar-refractivity contribution >= 4 is 17.7 Å². The lowest BCUT2D eigenvalue weighted by Gasteiger charge is -2.19. The van der Waals surface area contributed by atoms with Gasteiger partial charge in [0.05, 0.1) is 6.04 Å². The van der Waals surface area contributed by atoms with E-state index in [1.165, 1.54) is 0 Å². The maximum atomic E-state index is 12.0. The summed E-state index contributed by atoms with van der Waals surface area (Å²) in [5.74, 6) is 0.944. The zero-order chi connectivity index (χ0) is 14.2. The Kier molecular flexibility index (Phi) is 5.69. The Hall–Kier alpha value is -1.74. The molecule has 1 N–H and O–H groups in total. The van der Waals surface area contributed by atoms with E-state index in [-0.39, 0.29) is 11.9 Å². The van der Waals surface area contributed by atoms with Crippen LogP contribution in [0.3, 0.4) is 0 Å². The zero-order valence-corrected chi connectivity index (χ0v) is 12.4. The Morgan fingerprint density at radius 1 is 1.00 bits per heavy atom. The number of benzene rings is 2. The van der Waals surface area contributed by atoms with Gasteiger partial charge in [-0.2, -0.15) is 11.8 Å². The molecule has 0 fully saturated rings. The Morgan fingerprint density at radius 3 is 1.95 bits per heavy atom. The van der Waals surface area contributed by atoms with Gasteiger partial charge in [0, 0.05) is 12.2 Å². The van der Waals surface area contributed by atoms with Gasteiger partial charge in [0.1, 0.15) is 0 Å². The largest absolute Gasteiger partial charge is 0.345 e. The number of carbonyl (C=O) groups excluding carboxylic acids is 1. The van der Waals surface area contributed by atoms with Crippen LogP contribution in [-0.2, 0) is 4.79 Å². The smallest absolute Gasteiger partial charge is 0.221 e. The van der Waals surface area contributed by atoms with Crippen LogP contribution in [0.25, 0.3) is 0 Å². The Balaban J connectivity index is 2.19. The highest BCUT2D eigenvalue weighted by atomic mass is 32.2. The first-order valence-electron chi connectivity index (χ1n) is 6.69. The van der Waals surface area contributed by atoms with Crippen molar-refractivity contribution in [2.45, 2.75) is 12.5 Å². The van der Waals surface area contributed by atoms with Crippen molar-refractivity contribution in [3.05, 3.63) is 71.8 Å². The SMILES string of the molecule is CSCCC(=O)NC(c1ccccc1)c1ccccc1. The van der Waals surface area contributed by atoms with Crippen molar-refractivity contribution in [3.8, 4) is 0 Å². The summed E-state index contributed by atoms with van der Waals surface area (Å²) in [6.07, 6.45) is 2.57. The highest BCUT2D eigenvalue weighted by Crippen LogP contribution is 2.21. The highest BCUT2D eigenvalue weighted by molar-refractivity contribution is 7.98. The molecule has 1 amide bonds. The Bertz CT molecular complexity index is 488. The van der Waals surface area contributed by atoms with Crippen LogP contribution in [0.1, 0.15) is 23.6 Å². The van der Waals surface area contributed by atoms with Gasteiger partial charge in [-0.15, -0.1) is 0 Å². The van der Waals surface area contributed by atoms with Crippen LogP contribution in [0.5, 0.6) is 0 Å². The number of carbonyl (C=O) groups is 1. The molecule has 3 heteroatoms. The van der Waals surface area contributed by atoms with Crippen LogP contribution >= 0.6 is 11.8 Å². The molecule has 2 aromatic rings. The minimum Gasteiger partial charge on any atom is -0.345 e. The Labute approximate surface area is 124 Å². The molecular formula is C17H19NOS. The summed E-state index contributed by atoms with van der Waals surface area (Å²) in [6, 6.07) is 20.1. The predicted octanol–water partition coefficient (Wildman–Crippen LogP) is 3.65. The van der Waals surface area contributed by atoms with E-state index in [1.54, 1.807) is 11.8 Å². The number of thioether (sulfide) groups is 1. The number of amides is 1. The minimum atomic E-state index is -0.0771. The van der Waals surface area contributed by atoms with Crippen molar-refractivity contribution in [2.75, 3.05) is 12.0 Å². The van der Waals surface area contributed by atoms with Crippen LogP contribution in [-0.4, -0.2) is 17.9 Å². The van der Waals surface area contributed by atoms with Crippen LogP contribution in [0, 0.1) is 0 Å². The summed E-state index contributed by atoms with van der Waals surface area (Å²) in [5.41, 5.74) is 2.22. The topological polar surface area (TPSA) is 29.1 Å². The normalized spacial score (nSPS) is 10.5. The lowest BCUT2D eigenvalue weighted by Crippen LogP contribution is -2.29. The summed E-state index contributed by atoms with van der Waals surface area (Å²) >= 11 is 1.69. The molecule has 0 aromatic heterocycles. The molecule has 0 aliphatic heterocycles. The van der Waals surface area contributed by atoms with Crippen molar-refractivity contribution in [2.24, 2.45) is 0 Å². The molecule has 0 aliphatic rings. The quantitative estimate of drug-likeness (QED) is 0.878. The second-order valence-electron chi connectivity index (χ2n) is 4.56. The van der Waals surface area contributed by atoms with Crippen LogP contribution < -0.4 is 5.32 Å². The van der Waals surface area contributed by atoms with E-state index >= 15 is 0 Å². The fourth-order valence-corrected chi connectivity index (χ4v) is 2.47. The molecular weight excluding hydrogens is 266 g/mol. The monoisotopic (exact) mass is 285 g/mol. The summed E-state index contributed by atoms with van der Waals surface area (Å²) < 4.78 is 0. The van der Waals surface area contributed by atoms with Gasteiger partial charge in [-0.1, -0.05) is 60.7 Å². The van der Waals surface area contributed by atoms with Crippen molar-refractivity contribution in [1.82, 2.24) is 5.32 Å². The second kappa shape index (κ2) is 7.75. The predicted molar refractivity (Wildman–Crippen MR) is 85.9 cm³/mol. The molecule has 104 valence electrons. The van der Waals surface area contributed by atoms with E-state index in [2.05, 4.69) is 5.32 Å². The van der Waals surface area contributed by atoms with E-state index in [1.807, 2.05) is 66.9 Å². The fraction of sp³-hybridized carbons (Fsp3) is 0.235. The summed E-state index contributed by atoms with van der Waals surface area (Å²) in [5, 5.41) is 3.13. The third-order valence-corrected chi connectivity index (χ3v) is 3.72. The van der Waals surface area contributed by atoms with Gasteiger partial charge in [0.2, 0.25) is 5.91 Å². The molecule has 2 nitrogen and oxygen atoms in total. The number of rotatable bonds is 6. The van der Waals surface area contributed by atoms with Gasteiger partial charge in [0.25, 0.3) is 0 Å². The van der Waals surface area contributed by atoms with E-state index in [4.69, 9.17) is 0 Å². The first-order chi connectivity index (χ1) is 9.81. The third kappa shape index (κ3) is 4.14. The van der Waals surface area contributed by atoms with Gasteiger partial charge in [-0.25, -0.2) is 0 Å². The van der Waals surface area contributed by atoms with E-state index in [0.717, 1.165) is 16.9 Å².